The summed E-state index contributed by atoms with van der Waals surface area (Å²) in [6.07, 6.45) is 4.39. The summed E-state index contributed by atoms with van der Waals surface area (Å²) < 4.78 is 5.62. The number of carbonyl (C=O) groups is 1. The summed E-state index contributed by atoms with van der Waals surface area (Å²) in [6, 6.07) is 8.32. The molecule has 27 heavy (non-hydrogen) atoms. The van der Waals surface area contributed by atoms with Crippen LogP contribution in [0.4, 0.5) is 4.79 Å². The molecule has 0 radical (unpaired) electrons. The van der Waals surface area contributed by atoms with Crippen LogP contribution < -0.4 is 5.32 Å². The van der Waals surface area contributed by atoms with Gasteiger partial charge in [0.25, 0.3) is 0 Å². The van der Waals surface area contributed by atoms with E-state index in [-0.39, 0.29) is 24.4 Å². The molecule has 1 aromatic rings. The average molecular weight is 388 g/mol. The highest BCUT2D eigenvalue weighted by molar-refractivity contribution is 8.09. The number of benzene rings is 1. The number of fused-ring (bicyclic) bond motifs is 1. The van der Waals surface area contributed by atoms with Crippen LogP contribution in [0.3, 0.4) is 0 Å². The molecule has 1 fully saturated rings. The number of rotatable bonds is 5. The van der Waals surface area contributed by atoms with Crippen LogP contribution in [0.2, 0.25) is 0 Å². The van der Waals surface area contributed by atoms with E-state index in [1.54, 1.807) is 18.0 Å². The Morgan fingerprint density at radius 3 is 2.78 bits per heavy atom. The Labute approximate surface area is 162 Å². The second kappa shape index (κ2) is 7.67. The minimum absolute atomic E-state index is 0.112. The number of carbonyl (C=O) groups excluding carboxylic acids is 1. The minimum Gasteiger partial charge on any atom is -0.394 e. The first-order valence-corrected chi connectivity index (χ1v) is 10.2. The summed E-state index contributed by atoms with van der Waals surface area (Å²) in [7, 11) is 0. The molecule has 4 rings (SSSR count). The van der Waals surface area contributed by atoms with Gasteiger partial charge in [-0.15, -0.1) is 0 Å². The molecule has 144 valence electrons. The van der Waals surface area contributed by atoms with Gasteiger partial charge in [0, 0.05) is 23.1 Å². The molecule has 6 nitrogen and oxygen atoms in total. The van der Waals surface area contributed by atoms with Crippen molar-refractivity contribution in [3.8, 4) is 0 Å². The maximum Gasteiger partial charge on any atom is 0.324 e. The molecule has 0 spiro atoms. The van der Waals surface area contributed by atoms with Crippen molar-refractivity contribution in [3.63, 3.8) is 0 Å². The molecule has 7 heteroatoms. The number of aliphatic hydroxyl groups is 2. The maximum absolute atomic E-state index is 12.5. The summed E-state index contributed by atoms with van der Waals surface area (Å²) in [5.41, 5.74) is 3.47. The second-order valence-corrected chi connectivity index (χ2v) is 8.20. The molecule has 0 aliphatic carbocycles. The third-order valence-electron chi connectivity index (χ3n) is 5.09. The Kier molecular flexibility index (Phi) is 5.27. The number of aryl methyl sites for hydroxylation is 1. The highest BCUT2D eigenvalue weighted by Gasteiger charge is 2.41. The Morgan fingerprint density at radius 2 is 2.11 bits per heavy atom. The smallest absolute Gasteiger partial charge is 0.324 e. The van der Waals surface area contributed by atoms with E-state index in [0.717, 1.165) is 28.9 Å². The largest absolute Gasteiger partial charge is 0.394 e. The van der Waals surface area contributed by atoms with E-state index >= 15 is 0 Å². The minimum atomic E-state index is -0.769. The van der Waals surface area contributed by atoms with Crippen LogP contribution in [-0.4, -0.2) is 51.6 Å². The van der Waals surface area contributed by atoms with Crippen molar-refractivity contribution in [2.24, 2.45) is 0 Å². The van der Waals surface area contributed by atoms with Crippen LogP contribution in [0, 0.1) is 0 Å². The van der Waals surface area contributed by atoms with Crippen molar-refractivity contribution < 1.29 is 19.7 Å². The van der Waals surface area contributed by atoms with Crippen LogP contribution in [-0.2, 0) is 11.2 Å². The van der Waals surface area contributed by atoms with Gasteiger partial charge in [0.05, 0.1) is 12.7 Å². The van der Waals surface area contributed by atoms with E-state index in [4.69, 9.17) is 4.74 Å². The van der Waals surface area contributed by atoms with Crippen LogP contribution in [0.1, 0.15) is 30.9 Å². The number of thioether (sulfide) groups is 1. The highest BCUT2D eigenvalue weighted by Crippen LogP contribution is 2.43. The van der Waals surface area contributed by atoms with Gasteiger partial charge in [-0.1, -0.05) is 49.4 Å². The first-order chi connectivity index (χ1) is 13.1. The summed E-state index contributed by atoms with van der Waals surface area (Å²) >= 11 is 1.62. The Hall–Kier alpha value is -1.80. The lowest BCUT2D eigenvalue weighted by molar-refractivity contribution is -0.0541. The first kappa shape index (κ1) is 18.6. The second-order valence-electron chi connectivity index (χ2n) is 7.05. The van der Waals surface area contributed by atoms with E-state index in [2.05, 4.69) is 42.6 Å². The standard InChI is InChI=1S/C20H24N2O4S/c1-2-3-12-4-6-13(7-5-12)17-8-14-10-22(20(25)21-19(14)27-17)18-9-15(24)16(11-23)26-18/h4-8,10,15-16,18-19,23-24H,2-3,9,11H2,1H3,(H,21,25)/t15-,16+,18+,19?/m0/s1. The molecule has 3 N–H and O–H groups in total. The molecule has 1 unspecified atom stereocenters. The van der Waals surface area contributed by atoms with Gasteiger partial charge < -0.3 is 20.3 Å². The molecule has 3 aliphatic heterocycles. The van der Waals surface area contributed by atoms with E-state index in [0.29, 0.717) is 0 Å². The van der Waals surface area contributed by atoms with Gasteiger partial charge in [0.15, 0.2) is 0 Å². The van der Waals surface area contributed by atoms with Crippen molar-refractivity contribution in [2.45, 2.75) is 50.0 Å². The number of ether oxygens (including phenoxy) is 1. The molecule has 1 aromatic carbocycles. The lowest BCUT2D eigenvalue weighted by atomic mass is 10.1. The number of nitrogens with zero attached hydrogens (tertiary/aromatic N) is 1. The van der Waals surface area contributed by atoms with Gasteiger partial charge in [-0.3, -0.25) is 4.90 Å². The summed E-state index contributed by atoms with van der Waals surface area (Å²) in [5, 5.41) is 22.1. The molecule has 4 atom stereocenters. The third kappa shape index (κ3) is 3.65. The predicted octanol–water partition coefficient (Wildman–Crippen LogP) is 2.43. The predicted molar refractivity (Wildman–Crippen MR) is 105 cm³/mol. The van der Waals surface area contributed by atoms with Gasteiger partial charge in [-0.2, -0.15) is 0 Å². The van der Waals surface area contributed by atoms with Crippen molar-refractivity contribution in [1.29, 1.82) is 0 Å². The SMILES string of the molecule is CCCc1ccc(C2=CC3=CN([C@H]4C[C@H](O)[C@@H](CO)O4)C(=O)NC3S2)cc1. The van der Waals surface area contributed by atoms with E-state index in [1.807, 2.05) is 0 Å². The molecule has 3 aliphatic rings. The topological polar surface area (TPSA) is 82.0 Å². The molecule has 3 heterocycles. The summed E-state index contributed by atoms with van der Waals surface area (Å²) in [6.45, 7) is 1.91. The molecule has 0 bridgehead atoms. The summed E-state index contributed by atoms with van der Waals surface area (Å²) in [5.74, 6) is 0. The number of hydrogen-bond acceptors (Lipinski definition) is 5. The number of amides is 2. The molecule has 0 aromatic heterocycles. The normalized spacial score (nSPS) is 30.0. The van der Waals surface area contributed by atoms with E-state index in [9.17, 15) is 15.0 Å². The highest BCUT2D eigenvalue weighted by atomic mass is 32.2. The van der Waals surface area contributed by atoms with Crippen molar-refractivity contribution >= 4 is 22.7 Å². The van der Waals surface area contributed by atoms with E-state index < -0.39 is 18.4 Å². The zero-order valence-corrected chi connectivity index (χ0v) is 16.0. The lowest BCUT2D eigenvalue weighted by Crippen LogP contribution is -2.49. The first-order valence-electron chi connectivity index (χ1n) is 9.31. The van der Waals surface area contributed by atoms with Gasteiger partial charge >= 0.3 is 6.03 Å². The zero-order valence-electron chi connectivity index (χ0n) is 15.2. The fraction of sp³-hybridized carbons (Fsp3) is 0.450. The molecular weight excluding hydrogens is 364 g/mol. The number of aliphatic hydroxyl groups excluding tert-OH is 2. The van der Waals surface area contributed by atoms with Gasteiger partial charge in [-0.25, -0.2) is 4.79 Å². The van der Waals surface area contributed by atoms with Crippen LogP contribution >= 0.6 is 11.8 Å². The molecule has 1 saturated heterocycles. The fourth-order valence-electron chi connectivity index (χ4n) is 3.62. The van der Waals surface area contributed by atoms with Gasteiger partial charge in [0.1, 0.15) is 17.7 Å². The van der Waals surface area contributed by atoms with Crippen molar-refractivity contribution in [1.82, 2.24) is 10.2 Å². The average Bonchev–Trinajstić information content (AvgIpc) is 3.24. The maximum atomic E-state index is 12.5. The zero-order chi connectivity index (χ0) is 19.0. The Morgan fingerprint density at radius 1 is 1.33 bits per heavy atom. The van der Waals surface area contributed by atoms with Crippen LogP contribution in [0.5, 0.6) is 0 Å². The molecule has 2 amide bonds. The Bertz CT molecular complexity index is 777. The Balaban J connectivity index is 1.52. The number of hydrogen-bond donors (Lipinski definition) is 3. The van der Waals surface area contributed by atoms with E-state index in [1.165, 1.54) is 10.5 Å². The van der Waals surface area contributed by atoms with Crippen molar-refractivity contribution in [3.05, 3.63) is 53.2 Å². The third-order valence-corrected chi connectivity index (χ3v) is 6.33. The van der Waals surface area contributed by atoms with Gasteiger partial charge in [0.2, 0.25) is 0 Å². The van der Waals surface area contributed by atoms with Crippen LogP contribution in [0.15, 0.2) is 42.1 Å². The number of urea groups is 1. The van der Waals surface area contributed by atoms with Gasteiger partial charge in [-0.05, 0) is 23.6 Å². The van der Waals surface area contributed by atoms with Crippen molar-refractivity contribution in [2.75, 3.05) is 6.61 Å². The van der Waals surface area contributed by atoms with Crippen LogP contribution in [0.25, 0.3) is 4.91 Å². The quantitative estimate of drug-likeness (QED) is 0.722. The lowest BCUT2D eigenvalue weighted by Gasteiger charge is -2.32. The summed E-state index contributed by atoms with van der Waals surface area (Å²) in [4.78, 5) is 15.1. The number of nitrogens with one attached hydrogen (secondary N) is 1. The monoisotopic (exact) mass is 388 g/mol. The molecular formula is C20H24N2O4S. The molecule has 0 saturated carbocycles. The fourth-order valence-corrected chi connectivity index (χ4v) is 4.77.